The summed E-state index contributed by atoms with van der Waals surface area (Å²) in [5, 5.41) is 0.289. The summed E-state index contributed by atoms with van der Waals surface area (Å²) in [5.74, 6) is -0.408. The lowest BCUT2D eigenvalue weighted by atomic mass is 10.2. The SMILES string of the molecule is O=C(CCc1ncc(-c2ccc(F)cc2)o1)NNC(=O)c1ccccc1Cl. The molecule has 1 heterocycles. The largest absolute Gasteiger partial charge is 0.441 e. The van der Waals surface area contributed by atoms with Gasteiger partial charge in [0, 0.05) is 18.4 Å². The van der Waals surface area contributed by atoms with Crippen LogP contribution >= 0.6 is 11.6 Å². The zero-order valence-electron chi connectivity index (χ0n) is 14.0. The van der Waals surface area contributed by atoms with Gasteiger partial charge in [0.05, 0.1) is 16.8 Å². The van der Waals surface area contributed by atoms with Gasteiger partial charge in [0.15, 0.2) is 11.7 Å². The summed E-state index contributed by atoms with van der Waals surface area (Å²) in [6, 6.07) is 12.3. The molecule has 2 amide bonds. The van der Waals surface area contributed by atoms with E-state index >= 15 is 0 Å². The first-order chi connectivity index (χ1) is 13.0. The quantitative estimate of drug-likeness (QED) is 0.656. The third kappa shape index (κ3) is 4.92. The second kappa shape index (κ2) is 8.46. The van der Waals surface area contributed by atoms with Crippen LogP contribution in [-0.2, 0) is 11.2 Å². The van der Waals surface area contributed by atoms with Crippen molar-refractivity contribution in [3.8, 4) is 11.3 Å². The van der Waals surface area contributed by atoms with Gasteiger partial charge in [-0.25, -0.2) is 9.37 Å². The Labute approximate surface area is 159 Å². The number of nitrogens with zero attached hydrogens (tertiary/aromatic N) is 1. The molecule has 0 saturated carbocycles. The first kappa shape index (κ1) is 18.6. The van der Waals surface area contributed by atoms with E-state index in [1.165, 1.54) is 18.3 Å². The van der Waals surface area contributed by atoms with Gasteiger partial charge in [0.2, 0.25) is 5.91 Å². The van der Waals surface area contributed by atoms with Crippen LogP contribution in [0.15, 0.2) is 59.1 Å². The van der Waals surface area contributed by atoms with E-state index in [2.05, 4.69) is 15.8 Å². The monoisotopic (exact) mass is 387 g/mol. The van der Waals surface area contributed by atoms with Crippen LogP contribution in [0.3, 0.4) is 0 Å². The Balaban J connectivity index is 1.49. The number of carbonyl (C=O) groups excluding carboxylic acids is 2. The molecule has 0 fully saturated rings. The second-order valence-corrected chi connectivity index (χ2v) is 6.01. The Morgan fingerprint density at radius 2 is 1.81 bits per heavy atom. The van der Waals surface area contributed by atoms with Gasteiger partial charge in [-0.1, -0.05) is 23.7 Å². The first-order valence-corrected chi connectivity index (χ1v) is 8.45. The highest BCUT2D eigenvalue weighted by Crippen LogP contribution is 2.21. The standard InChI is InChI=1S/C19H15ClFN3O3/c20-15-4-2-1-3-14(15)19(26)24-23-17(25)9-10-18-22-11-16(27-18)12-5-7-13(21)8-6-12/h1-8,11H,9-10H2,(H,23,25)(H,24,26). The third-order valence-electron chi connectivity index (χ3n) is 3.68. The van der Waals surface area contributed by atoms with E-state index in [0.717, 1.165) is 0 Å². The average molecular weight is 388 g/mol. The average Bonchev–Trinajstić information content (AvgIpc) is 3.14. The van der Waals surface area contributed by atoms with E-state index < -0.39 is 11.8 Å². The highest BCUT2D eigenvalue weighted by Gasteiger charge is 2.12. The summed E-state index contributed by atoms with van der Waals surface area (Å²) >= 11 is 5.92. The molecule has 0 spiro atoms. The minimum absolute atomic E-state index is 0.0617. The van der Waals surface area contributed by atoms with Crippen molar-refractivity contribution < 1.29 is 18.4 Å². The van der Waals surface area contributed by atoms with Crippen LogP contribution in [0.5, 0.6) is 0 Å². The highest BCUT2D eigenvalue weighted by molar-refractivity contribution is 6.33. The van der Waals surface area contributed by atoms with E-state index in [4.69, 9.17) is 16.0 Å². The lowest BCUT2D eigenvalue weighted by Crippen LogP contribution is -2.41. The van der Waals surface area contributed by atoms with Crippen molar-refractivity contribution in [1.82, 2.24) is 15.8 Å². The van der Waals surface area contributed by atoms with Crippen molar-refractivity contribution in [3.63, 3.8) is 0 Å². The lowest BCUT2D eigenvalue weighted by molar-refractivity contribution is -0.121. The third-order valence-corrected chi connectivity index (χ3v) is 4.01. The Bertz CT molecular complexity index is 957. The van der Waals surface area contributed by atoms with Gasteiger partial charge in [-0.05, 0) is 36.4 Å². The summed E-state index contributed by atoms with van der Waals surface area (Å²) in [6.45, 7) is 0. The lowest BCUT2D eigenvalue weighted by Gasteiger charge is -2.07. The van der Waals surface area contributed by atoms with Gasteiger partial charge in [-0.15, -0.1) is 0 Å². The van der Waals surface area contributed by atoms with Crippen molar-refractivity contribution in [1.29, 1.82) is 0 Å². The smallest absolute Gasteiger partial charge is 0.271 e. The Morgan fingerprint density at radius 3 is 2.56 bits per heavy atom. The van der Waals surface area contributed by atoms with Crippen molar-refractivity contribution >= 4 is 23.4 Å². The molecule has 0 atom stereocenters. The van der Waals surface area contributed by atoms with Gasteiger partial charge in [-0.2, -0.15) is 0 Å². The fraction of sp³-hybridized carbons (Fsp3) is 0.105. The van der Waals surface area contributed by atoms with E-state index in [0.29, 0.717) is 17.2 Å². The maximum Gasteiger partial charge on any atom is 0.271 e. The number of hydrogen-bond acceptors (Lipinski definition) is 4. The number of hydrogen-bond donors (Lipinski definition) is 2. The molecule has 0 bridgehead atoms. The molecule has 3 rings (SSSR count). The maximum atomic E-state index is 12.9. The molecule has 0 aliphatic rings. The second-order valence-electron chi connectivity index (χ2n) is 5.61. The van der Waals surface area contributed by atoms with Gasteiger partial charge < -0.3 is 4.42 Å². The van der Waals surface area contributed by atoms with Gasteiger partial charge in [0.1, 0.15) is 5.82 Å². The molecule has 8 heteroatoms. The molecule has 0 aliphatic carbocycles. The fourth-order valence-electron chi connectivity index (χ4n) is 2.30. The van der Waals surface area contributed by atoms with Crippen LogP contribution in [0, 0.1) is 5.82 Å². The molecule has 2 aromatic carbocycles. The maximum absolute atomic E-state index is 12.9. The minimum Gasteiger partial charge on any atom is -0.441 e. The van der Waals surface area contributed by atoms with E-state index in [1.807, 2.05) is 0 Å². The number of halogens is 2. The molecule has 6 nitrogen and oxygen atoms in total. The van der Waals surface area contributed by atoms with Crippen LogP contribution in [0.2, 0.25) is 5.02 Å². The number of amides is 2. The normalized spacial score (nSPS) is 10.4. The number of carbonyl (C=O) groups is 2. The molecule has 3 aromatic rings. The molecular formula is C19H15ClFN3O3. The van der Waals surface area contributed by atoms with Crippen LogP contribution < -0.4 is 10.9 Å². The van der Waals surface area contributed by atoms with Crippen molar-refractivity contribution in [3.05, 3.63) is 77.0 Å². The highest BCUT2D eigenvalue weighted by atomic mass is 35.5. The molecule has 2 N–H and O–H groups in total. The van der Waals surface area contributed by atoms with Crippen LogP contribution in [-0.4, -0.2) is 16.8 Å². The zero-order valence-corrected chi connectivity index (χ0v) is 14.8. The molecule has 0 aliphatic heterocycles. The van der Waals surface area contributed by atoms with Crippen LogP contribution in [0.1, 0.15) is 22.7 Å². The minimum atomic E-state index is -0.510. The molecular weight excluding hydrogens is 373 g/mol. The number of aryl methyl sites for hydroxylation is 1. The Hall–Kier alpha value is -3.19. The number of rotatable bonds is 5. The van der Waals surface area contributed by atoms with Crippen molar-refractivity contribution in [2.75, 3.05) is 0 Å². The summed E-state index contributed by atoms with van der Waals surface area (Å²) in [7, 11) is 0. The fourth-order valence-corrected chi connectivity index (χ4v) is 2.52. The predicted molar refractivity (Wildman–Crippen MR) is 97.3 cm³/mol. The zero-order chi connectivity index (χ0) is 19.2. The summed E-state index contributed by atoms with van der Waals surface area (Å²) in [6.07, 6.45) is 1.82. The van der Waals surface area contributed by atoms with Gasteiger partial charge in [0.25, 0.3) is 5.91 Å². The molecule has 1 aromatic heterocycles. The summed E-state index contributed by atoms with van der Waals surface area (Å²) in [5.41, 5.74) is 5.56. The number of hydrazine groups is 1. The van der Waals surface area contributed by atoms with Crippen LogP contribution in [0.4, 0.5) is 4.39 Å². The number of benzene rings is 2. The Morgan fingerprint density at radius 1 is 1.07 bits per heavy atom. The summed E-state index contributed by atoms with van der Waals surface area (Å²) < 4.78 is 18.5. The molecule has 27 heavy (non-hydrogen) atoms. The summed E-state index contributed by atoms with van der Waals surface area (Å²) in [4.78, 5) is 27.9. The van der Waals surface area contributed by atoms with E-state index in [9.17, 15) is 14.0 Å². The number of nitrogens with one attached hydrogen (secondary N) is 2. The molecule has 0 saturated heterocycles. The number of aromatic nitrogens is 1. The molecule has 138 valence electrons. The van der Waals surface area contributed by atoms with Crippen molar-refractivity contribution in [2.45, 2.75) is 12.8 Å². The van der Waals surface area contributed by atoms with Crippen molar-refractivity contribution in [2.24, 2.45) is 0 Å². The first-order valence-electron chi connectivity index (χ1n) is 8.07. The van der Waals surface area contributed by atoms with E-state index in [-0.39, 0.29) is 29.2 Å². The van der Waals surface area contributed by atoms with Gasteiger partial charge >= 0.3 is 0 Å². The Kier molecular flexibility index (Phi) is 5.83. The molecule has 0 radical (unpaired) electrons. The van der Waals surface area contributed by atoms with Crippen LogP contribution in [0.25, 0.3) is 11.3 Å². The predicted octanol–water partition coefficient (Wildman–Crippen LogP) is 3.53. The van der Waals surface area contributed by atoms with E-state index in [1.54, 1.807) is 36.4 Å². The topological polar surface area (TPSA) is 84.2 Å². The van der Waals surface area contributed by atoms with Gasteiger partial charge in [-0.3, -0.25) is 20.4 Å². The molecule has 0 unspecified atom stereocenters. The number of oxazole rings is 1.